The van der Waals surface area contributed by atoms with Crippen LogP contribution in [-0.2, 0) is 4.74 Å². The summed E-state index contributed by atoms with van der Waals surface area (Å²) in [5.74, 6) is 0.770. The van der Waals surface area contributed by atoms with Crippen LogP contribution < -0.4 is 5.32 Å². The predicted octanol–water partition coefficient (Wildman–Crippen LogP) is 1.59. The maximum absolute atomic E-state index is 6.43. The maximum atomic E-state index is 6.43. The number of hydrogen-bond acceptors (Lipinski definition) is 3. The van der Waals surface area contributed by atoms with Gasteiger partial charge in [-0.05, 0) is 38.8 Å². The lowest BCUT2D eigenvalue weighted by Crippen LogP contribution is -2.71. The summed E-state index contributed by atoms with van der Waals surface area (Å²) >= 11 is 0. The van der Waals surface area contributed by atoms with Gasteiger partial charge in [0.1, 0.15) is 5.72 Å². The highest BCUT2D eigenvalue weighted by Gasteiger charge is 2.52. The van der Waals surface area contributed by atoms with Crippen LogP contribution in [0.1, 0.15) is 38.5 Å². The van der Waals surface area contributed by atoms with Crippen LogP contribution in [0.25, 0.3) is 0 Å². The first-order valence-electron chi connectivity index (χ1n) is 7.42. The minimum atomic E-state index is 0.0321. The van der Waals surface area contributed by atoms with Gasteiger partial charge in [-0.15, -0.1) is 0 Å². The van der Waals surface area contributed by atoms with E-state index in [0.717, 1.165) is 19.1 Å². The predicted molar refractivity (Wildman–Crippen MR) is 66.8 cm³/mol. The zero-order valence-corrected chi connectivity index (χ0v) is 10.7. The van der Waals surface area contributed by atoms with Crippen LogP contribution >= 0.6 is 0 Å². The lowest BCUT2D eigenvalue weighted by Gasteiger charge is -2.57. The molecular weight excluding hydrogens is 212 g/mol. The molecule has 17 heavy (non-hydrogen) atoms. The van der Waals surface area contributed by atoms with Gasteiger partial charge in [-0.1, -0.05) is 12.8 Å². The average molecular weight is 236 g/mol. The van der Waals surface area contributed by atoms with Gasteiger partial charge < -0.3 is 4.74 Å². The van der Waals surface area contributed by atoms with E-state index >= 15 is 0 Å². The molecule has 96 valence electrons. The van der Waals surface area contributed by atoms with Crippen molar-refractivity contribution < 1.29 is 4.74 Å². The first kappa shape index (κ1) is 10.8. The van der Waals surface area contributed by atoms with Crippen LogP contribution in [0.15, 0.2) is 0 Å². The lowest BCUT2D eigenvalue weighted by molar-refractivity contribution is -0.215. The summed E-state index contributed by atoms with van der Waals surface area (Å²) in [4.78, 5) is 2.58. The first-order chi connectivity index (χ1) is 8.30. The van der Waals surface area contributed by atoms with Gasteiger partial charge in [-0.3, -0.25) is 10.2 Å². The zero-order chi connectivity index (χ0) is 11.3. The van der Waals surface area contributed by atoms with E-state index in [0.29, 0.717) is 5.41 Å². The zero-order valence-electron chi connectivity index (χ0n) is 10.7. The fourth-order valence-electron chi connectivity index (χ4n) is 4.55. The Labute approximate surface area is 104 Å². The Bertz CT molecular complexity index is 293. The third-order valence-electron chi connectivity index (χ3n) is 5.77. The van der Waals surface area contributed by atoms with Crippen molar-refractivity contribution >= 4 is 0 Å². The summed E-state index contributed by atoms with van der Waals surface area (Å²) in [6.45, 7) is 5.95. The van der Waals surface area contributed by atoms with Gasteiger partial charge in [0.25, 0.3) is 0 Å². The lowest BCUT2D eigenvalue weighted by atomic mass is 9.77. The van der Waals surface area contributed by atoms with Crippen molar-refractivity contribution in [2.24, 2.45) is 11.3 Å². The van der Waals surface area contributed by atoms with E-state index in [1.165, 1.54) is 58.2 Å². The SMILES string of the molecule is C1CCC2(C1)CNC1(CN3CCC1CC3)OC2. The molecule has 5 rings (SSSR count). The first-order valence-corrected chi connectivity index (χ1v) is 7.42. The van der Waals surface area contributed by atoms with Gasteiger partial charge in [0.2, 0.25) is 0 Å². The van der Waals surface area contributed by atoms with Crippen molar-refractivity contribution in [2.75, 3.05) is 32.8 Å². The van der Waals surface area contributed by atoms with E-state index in [1.807, 2.05) is 0 Å². The van der Waals surface area contributed by atoms with Crippen molar-refractivity contribution in [1.82, 2.24) is 10.2 Å². The standard InChI is InChI=1S/C14H24N2O/c1-2-6-13(5-1)9-15-14(17-11-13)10-16-7-3-12(14)4-8-16/h12,15H,1-11H2. The second-order valence-corrected chi connectivity index (χ2v) is 6.79. The largest absolute Gasteiger partial charge is 0.358 e. The highest BCUT2D eigenvalue weighted by molar-refractivity contribution is 5.03. The van der Waals surface area contributed by atoms with Gasteiger partial charge >= 0.3 is 0 Å². The third-order valence-corrected chi connectivity index (χ3v) is 5.77. The van der Waals surface area contributed by atoms with Crippen LogP contribution in [0.5, 0.6) is 0 Å². The van der Waals surface area contributed by atoms with Crippen molar-refractivity contribution in [1.29, 1.82) is 0 Å². The van der Waals surface area contributed by atoms with E-state index < -0.39 is 0 Å². The number of hydrogen-bond donors (Lipinski definition) is 1. The van der Waals surface area contributed by atoms with Crippen LogP contribution in [0, 0.1) is 11.3 Å². The normalized spacial score (nSPS) is 48.0. The smallest absolute Gasteiger partial charge is 0.134 e. The molecular formula is C14H24N2O. The molecule has 0 aromatic carbocycles. The second-order valence-electron chi connectivity index (χ2n) is 6.79. The molecule has 4 saturated heterocycles. The molecule has 1 aliphatic carbocycles. The molecule has 1 atom stereocenters. The molecule has 3 heteroatoms. The van der Waals surface area contributed by atoms with E-state index in [2.05, 4.69) is 10.2 Å². The topological polar surface area (TPSA) is 24.5 Å². The van der Waals surface area contributed by atoms with Crippen LogP contribution in [0.4, 0.5) is 0 Å². The quantitative estimate of drug-likeness (QED) is 0.691. The number of nitrogens with zero attached hydrogens (tertiary/aromatic N) is 1. The summed E-state index contributed by atoms with van der Waals surface area (Å²) in [5, 5.41) is 3.83. The molecule has 0 aromatic heterocycles. The average Bonchev–Trinajstić information content (AvgIpc) is 2.84. The fourth-order valence-corrected chi connectivity index (χ4v) is 4.55. The monoisotopic (exact) mass is 236 g/mol. The van der Waals surface area contributed by atoms with E-state index in [-0.39, 0.29) is 5.72 Å². The van der Waals surface area contributed by atoms with Gasteiger partial charge in [0, 0.05) is 24.4 Å². The van der Waals surface area contributed by atoms with Gasteiger partial charge in [-0.2, -0.15) is 0 Å². The number of fused-ring (bicyclic) bond motifs is 2. The third kappa shape index (κ3) is 1.59. The van der Waals surface area contributed by atoms with Crippen molar-refractivity contribution in [3.63, 3.8) is 0 Å². The molecule has 0 radical (unpaired) electrons. The molecule has 5 aliphatic rings. The van der Waals surface area contributed by atoms with Crippen molar-refractivity contribution in [2.45, 2.75) is 44.2 Å². The minimum Gasteiger partial charge on any atom is -0.358 e. The Morgan fingerprint density at radius 2 is 1.88 bits per heavy atom. The number of rotatable bonds is 0. The second kappa shape index (κ2) is 3.69. The Morgan fingerprint density at radius 3 is 2.41 bits per heavy atom. The summed E-state index contributed by atoms with van der Waals surface area (Å²) in [6.07, 6.45) is 8.25. The number of ether oxygens (including phenoxy) is 1. The van der Waals surface area contributed by atoms with E-state index in [4.69, 9.17) is 4.74 Å². The fraction of sp³-hybridized carbons (Fsp3) is 1.00. The molecule has 1 unspecified atom stereocenters. The van der Waals surface area contributed by atoms with Crippen LogP contribution in [0.2, 0.25) is 0 Å². The van der Waals surface area contributed by atoms with Gasteiger partial charge in [-0.25, -0.2) is 0 Å². The van der Waals surface area contributed by atoms with Crippen molar-refractivity contribution in [3.05, 3.63) is 0 Å². The van der Waals surface area contributed by atoms with Gasteiger partial charge in [0.05, 0.1) is 6.61 Å². The van der Waals surface area contributed by atoms with Gasteiger partial charge in [0.15, 0.2) is 0 Å². The molecule has 2 bridgehead atoms. The molecule has 0 amide bonds. The van der Waals surface area contributed by atoms with Crippen molar-refractivity contribution in [3.8, 4) is 0 Å². The summed E-state index contributed by atoms with van der Waals surface area (Å²) in [7, 11) is 0. The summed E-state index contributed by atoms with van der Waals surface area (Å²) in [5.41, 5.74) is 0.529. The molecule has 0 aromatic rings. The minimum absolute atomic E-state index is 0.0321. The Balaban J connectivity index is 1.50. The molecule has 3 nitrogen and oxygen atoms in total. The molecule has 5 fully saturated rings. The summed E-state index contributed by atoms with van der Waals surface area (Å²) < 4.78 is 6.43. The molecule has 4 aliphatic heterocycles. The molecule has 1 N–H and O–H groups in total. The number of piperidine rings is 3. The maximum Gasteiger partial charge on any atom is 0.134 e. The Hall–Kier alpha value is -0.120. The Kier molecular flexibility index (Phi) is 2.34. The highest BCUT2D eigenvalue weighted by Crippen LogP contribution is 2.45. The molecule has 4 heterocycles. The molecule has 1 saturated carbocycles. The highest BCUT2D eigenvalue weighted by atomic mass is 16.5. The molecule has 2 spiro atoms. The van der Waals surface area contributed by atoms with Crippen LogP contribution in [-0.4, -0.2) is 43.4 Å². The summed E-state index contributed by atoms with van der Waals surface area (Å²) in [6, 6.07) is 0. The van der Waals surface area contributed by atoms with Crippen LogP contribution in [0.3, 0.4) is 0 Å². The van der Waals surface area contributed by atoms with E-state index in [9.17, 15) is 0 Å². The van der Waals surface area contributed by atoms with E-state index in [1.54, 1.807) is 0 Å². The Morgan fingerprint density at radius 1 is 1.12 bits per heavy atom. The number of nitrogens with one attached hydrogen (secondary N) is 1.